The van der Waals surface area contributed by atoms with E-state index < -0.39 is 72.7 Å². The van der Waals surface area contributed by atoms with Gasteiger partial charge in [-0.25, -0.2) is 39.9 Å². The van der Waals surface area contributed by atoms with Gasteiger partial charge < -0.3 is 35.9 Å². The average Bonchev–Trinajstić information content (AvgIpc) is 1.63. The van der Waals surface area contributed by atoms with Crippen LogP contribution in [0.3, 0.4) is 0 Å². The van der Waals surface area contributed by atoms with Crippen LogP contribution in [0.15, 0.2) is 224 Å². The third-order valence-electron chi connectivity index (χ3n) is 17.0. The second kappa shape index (κ2) is 30.6. The maximum absolute atomic E-state index is 14.4. The second-order valence-electron chi connectivity index (χ2n) is 22.8. The summed E-state index contributed by atoms with van der Waals surface area (Å²) in [4.78, 5) is 20.1. The van der Waals surface area contributed by atoms with Crippen LogP contribution in [0.25, 0.3) is 32.7 Å². The Morgan fingerprint density at radius 2 is 0.894 bits per heavy atom. The molecule has 0 aliphatic carbocycles. The van der Waals surface area contributed by atoms with Crippen LogP contribution in [0.4, 0.5) is 39.9 Å². The van der Waals surface area contributed by atoms with Crippen LogP contribution in [0.5, 0.6) is 0 Å². The smallest absolute Gasteiger partial charge is 0.377 e. The summed E-state index contributed by atoms with van der Waals surface area (Å²) >= 11 is 0. The fourth-order valence-corrected chi connectivity index (χ4v) is 12.8. The molecule has 5 aliphatic rings. The van der Waals surface area contributed by atoms with Crippen molar-refractivity contribution in [2.75, 3.05) is 26.2 Å². The number of hydrogen-bond acceptors (Lipinski definition) is 9. The summed E-state index contributed by atoms with van der Waals surface area (Å²) in [5.41, 5.74) is 21.3. The van der Waals surface area contributed by atoms with Crippen LogP contribution in [-0.4, -0.2) is 100 Å². The summed E-state index contributed by atoms with van der Waals surface area (Å²) in [7, 11) is -1.75. The summed E-state index contributed by atoms with van der Waals surface area (Å²) in [6, 6.07) is 48.7. The molecule has 0 saturated carbocycles. The Labute approximate surface area is 539 Å². The summed E-state index contributed by atoms with van der Waals surface area (Å²) in [6.07, 6.45) is 7.35. The number of carbonyl (C=O) groups is 1. The van der Waals surface area contributed by atoms with Crippen molar-refractivity contribution in [1.29, 1.82) is 0 Å². The molecule has 1 saturated heterocycles. The van der Waals surface area contributed by atoms with E-state index in [-0.39, 0.29) is 77.7 Å². The van der Waals surface area contributed by atoms with Crippen LogP contribution < -0.4 is 16.4 Å². The maximum Gasteiger partial charge on any atom is 0.377 e. The highest BCUT2D eigenvalue weighted by Crippen LogP contribution is 2.45. The number of urea groups is 1. The molecular weight excluding hydrogens is 1220 g/mol. The summed E-state index contributed by atoms with van der Waals surface area (Å²) in [5.74, 6) is -4.08. The molecule has 94 heavy (non-hydrogen) atoms. The molecule has 5 heterocycles. The van der Waals surface area contributed by atoms with Crippen LogP contribution in [0.2, 0.25) is 13.6 Å². The second-order valence-corrected chi connectivity index (χ2v) is 22.8. The van der Waals surface area contributed by atoms with Gasteiger partial charge in [0.15, 0.2) is 0 Å². The number of carbonyl (C=O) groups excluding carboxylic acids is 1. The number of hydrogen-bond donors (Lipinski definition) is 6. The third kappa shape index (κ3) is 15.0. The number of aliphatic hydroxyl groups is 1. The van der Waals surface area contributed by atoms with Crippen molar-refractivity contribution in [2.45, 2.75) is 62.0 Å². The Kier molecular flexibility index (Phi) is 21.9. The first-order valence-corrected chi connectivity index (χ1v) is 30.3. The van der Waals surface area contributed by atoms with Crippen molar-refractivity contribution in [3.05, 3.63) is 320 Å². The van der Waals surface area contributed by atoms with E-state index in [1.165, 1.54) is 12.1 Å². The third-order valence-corrected chi connectivity index (χ3v) is 17.0. The van der Waals surface area contributed by atoms with Crippen molar-refractivity contribution >= 4 is 42.4 Å². The van der Waals surface area contributed by atoms with Crippen molar-refractivity contribution in [3.8, 4) is 0 Å². The predicted octanol–water partition coefficient (Wildman–Crippen LogP) is 13.6. The molecule has 8 aromatic carbocycles. The van der Waals surface area contributed by atoms with Crippen LogP contribution in [-0.2, 0) is 0 Å². The molecule has 8 aromatic rings. The number of fused-ring (bicyclic) bond motifs is 1. The SMILES string of the molecule is CB(O)N1C(CN=[N+]=[N-])C(c2cc(F)ccc2F)=CC1c1ccccc1.CB(O)N1C(CO)C(c2cc(F)ccc2F)=CC1c1ccccc1.NCC1NC(c2ccccc2)C=C1c1cc(F)ccc1F.O=C1NCC2C(c3cc(F)ccc3F)=CC(c3ccccc3)N12. The van der Waals surface area contributed by atoms with Gasteiger partial charge in [-0.15, -0.1) is 0 Å². The Bertz CT molecular complexity index is 4160. The van der Waals surface area contributed by atoms with Gasteiger partial charge in [0.05, 0.1) is 30.8 Å². The van der Waals surface area contributed by atoms with E-state index >= 15 is 0 Å². The molecule has 2 amide bonds. The van der Waals surface area contributed by atoms with E-state index in [1.54, 1.807) is 40.3 Å². The molecule has 23 heteroatoms. The molecule has 13 nitrogen and oxygen atoms in total. The van der Waals surface area contributed by atoms with E-state index in [4.69, 9.17) is 11.3 Å². The highest BCUT2D eigenvalue weighted by Gasteiger charge is 2.45. The highest BCUT2D eigenvalue weighted by molar-refractivity contribution is 6.46. The summed E-state index contributed by atoms with van der Waals surface area (Å²) in [5, 5.41) is 40.1. The van der Waals surface area contributed by atoms with Crippen molar-refractivity contribution in [2.24, 2.45) is 10.8 Å². The van der Waals surface area contributed by atoms with E-state index in [0.717, 1.165) is 82.9 Å². The van der Waals surface area contributed by atoms with Crippen molar-refractivity contribution in [3.63, 3.8) is 0 Å². The van der Waals surface area contributed by atoms with Gasteiger partial charge in [-0.2, -0.15) is 0 Å². The zero-order chi connectivity index (χ0) is 66.7. The minimum absolute atomic E-state index is 0.00742. The first-order chi connectivity index (χ1) is 45.4. The number of nitrogens with one attached hydrogen (secondary N) is 2. The molecular formula is C71H65B2F8N9O4. The fourth-order valence-electron chi connectivity index (χ4n) is 12.8. The number of benzene rings is 8. The van der Waals surface area contributed by atoms with Gasteiger partial charge in [0.2, 0.25) is 0 Å². The summed E-state index contributed by atoms with van der Waals surface area (Å²) in [6.45, 7) is 3.59. The Morgan fingerprint density at radius 3 is 1.30 bits per heavy atom. The summed E-state index contributed by atoms with van der Waals surface area (Å²) < 4.78 is 111. The fraction of sp³-hybridized carbons (Fsp3) is 0.197. The maximum atomic E-state index is 14.4. The molecule has 1 fully saturated rings. The molecule has 5 aliphatic heterocycles. The number of nitrogens with zero attached hydrogens (tertiary/aromatic N) is 6. The van der Waals surface area contributed by atoms with Gasteiger partial charge in [0.1, 0.15) is 46.5 Å². The molecule has 8 unspecified atom stereocenters. The quantitative estimate of drug-likeness (QED) is 0.0204. The van der Waals surface area contributed by atoms with Crippen LogP contribution in [0, 0.1) is 46.5 Å². The van der Waals surface area contributed by atoms with E-state index in [2.05, 4.69) is 20.7 Å². The lowest BCUT2D eigenvalue weighted by molar-refractivity contribution is 0.200. The van der Waals surface area contributed by atoms with E-state index in [1.807, 2.05) is 133 Å². The van der Waals surface area contributed by atoms with Gasteiger partial charge in [-0.05, 0) is 137 Å². The van der Waals surface area contributed by atoms with Gasteiger partial charge >= 0.3 is 20.1 Å². The molecule has 0 aromatic heterocycles. The number of amides is 2. The zero-order valence-electron chi connectivity index (χ0n) is 50.9. The average molecular weight is 1280 g/mol. The molecule has 0 radical (unpaired) electrons. The normalized spacial score (nSPS) is 21.2. The van der Waals surface area contributed by atoms with Gasteiger partial charge in [0.25, 0.3) is 0 Å². The number of rotatable bonds is 14. The predicted molar refractivity (Wildman–Crippen MR) is 349 cm³/mol. The van der Waals surface area contributed by atoms with Crippen LogP contribution >= 0.6 is 0 Å². The van der Waals surface area contributed by atoms with Crippen LogP contribution in [0.1, 0.15) is 68.7 Å². The standard InChI is InChI=1S/C18H17BF2N4O.C18H18BF2NO2.C18H14F2N2O.C17H16F2N2/c1-19(26)25-17(12-5-3-2-4-6-12)10-15(18(25)11-23-24-22)14-9-13(20)7-8-16(14)21;1-19(24)22-17(12-5-3-2-4-6-12)10-15(18(22)11-23)14-9-13(20)7-8-16(14)21;19-12-6-7-15(20)13(8-12)14-9-16(11-4-2-1-3-5-11)22-17(14)10-21-18(22)23;18-12-6-7-15(19)13(8-12)14-9-16(21-17(14)10-20)11-4-2-1-3-5-11/h2-10,17-18,26H,11H2,1H3;2-10,17-18,23-24H,11H2,1H3;1-9,16-17H,10H2,(H,21,23);1-9,16-17,21H,10,20H2. The molecule has 480 valence electrons. The lowest BCUT2D eigenvalue weighted by Crippen LogP contribution is -2.45. The molecule has 13 rings (SSSR count). The topological polar surface area (TPSA) is 186 Å². The number of azide groups is 1. The Morgan fingerprint density at radius 1 is 0.521 bits per heavy atom. The number of nitrogens with two attached hydrogens (primary N) is 1. The van der Waals surface area contributed by atoms with Crippen molar-refractivity contribution in [1.82, 2.24) is 25.2 Å². The Balaban J connectivity index is 0.000000137. The highest BCUT2D eigenvalue weighted by atomic mass is 19.2. The first kappa shape index (κ1) is 67.5. The van der Waals surface area contributed by atoms with Crippen molar-refractivity contribution < 1.29 is 55.1 Å². The van der Waals surface area contributed by atoms with Gasteiger partial charge in [-0.1, -0.05) is 151 Å². The van der Waals surface area contributed by atoms with Gasteiger partial charge in [-0.3, -0.25) is 10.1 Å². The largest absolute Gasteiger partial charge is 0.437 e. The van der Waals surface area contributed by atoms with E-state index in [9.17, 15) is 55.1 Å². The number of halogens is 8. The molecule has 7 N–H and O–H groups in total. The Hall–Kier alpha value is -9.41. The first-order valence-electron chi connectivity index (χ1n) is 30.3. The monoisotopic (exact) mass is 1280 g/mol. The minimum atomic E-state index is -0.885. The minimum Gasteiger partial charge on any atom is -0.437 e. The van der Waals surface area contributed by atoms with Gasteiger partial charge in [0, 0.05) is 71.0 Å². The van der Waals surface area contributed by atoms with E-state index in [0.29, 0.717) is 35.4 Å². The molecule has 0 bridgehead atoms. The lowest BCUT2D eigenvalue weighted by Gasteiger charge is -2.32. The molecule has 0 spiro atoms. The zero-order valence-corrected chi connectivity index (χ0v) is 50.9. The molecule has 8 atom stereocenters. The number of aliphatic hydroxyl groups excluding tert-OH is 1. The lowest BCUT2D eigenvalue weighted by atomic mass is 9.80.